The summed E-state index contributed by atoms with van der Waals surface area (Å²) in [6, 6.07) is 5.16. The Morgan fingerprint density at radius 3 is 2.65 bits per heavy atom. The number of hydrogen-bond donors (Lipinski definition) is 1. The lowest BCUT2D eigenvalue weighted by molar-refractivity contribution is -0.135. The number of Topliss-reactive ketones (excluding diaryl/α,β-unsaturated/α-hetero) is 1. The summed E-state index contributed by atoms with van der Waals surface area (Å²) in [4.78, 5) is 22.4. The Bertz CT molecular complexity index is 538. The Morgan fingerprint density at radius 1 is 1.35 bits per heavy atom. The number of benzene rings is 1. The minimum atomic E-state index is -1.11. The van der Waals surface area contributed by atoms with Gasteiger partial charge in [0.1, 0.15) is 18.8 Å². The zero-order valence-corrected chi connectivity index (χ0v) is 13.0. The third kappa shape index (κ3) is 3.12. The first-order valence-electron chi connectivity index (χ1n) is 6.11. The summed E-state index contributed by atoms with van der Waals surface area (Å²) in [6.45, 7) is 0.630. The summed E-state index contributed by atoms with van der Waals surface area (Å²) >= 11 is 3.48. The minimum absolute atomic E-state index is 0.0402. The molecule has 1 aromatic carbocycles. The van der Waals surface area contributed by atoms with Gasteiger partial charge in [-0.25, -0.2) is 0 Å². The first-order chi connectivity index (χ1) is 9.49. The van der Waals surface area contributed by atoms with E-state index in [9.17, 15) is 9.59 Å². The zero-order valence-electron chi connectivity index (χ0n) is 11.3. The van der Waals surface area contributed by atoms with E-state index in [-0.39, 0.29) is 9.86 Å². The molecule has 1 heterocycles. The lowest BCUT2D eigenvalue weighted by Gasteiger charge is -2.35. The Morgan fingerprint density at radius 2 is 2.05 bits per heavy atom. The van der Waals surface area contributed by atoms with Crippen LogP contribution in [0.4, 0.5) is 0 Å². The molecule has 4 nitrogen and oxygen atoms in total. The van der Waals surface area contributed by atoms with Crippen molar-refractivity contribution in [1.82, 2.24) is 0 Å². The number of carbonyl (C=O) groups is 2. The maximum atomic E-state index is 11.8. The van der Waals surface area contributed by atoms with Crippen LogP contribution in [0.15, 0.2) is 18.2 Å². The number of rotatable bonds is 5. The Balaban J connectivity index is 2.27. The van der Waals surface area contributed by atoms with Gasteiger partial charge in [-0.3, -0.25) is 9.59 Å². The van der Waals surface area contributed by atoms with Gasteiger partial charge in [-0.05, 0) is 36.3 Å². The SMILES string of the molecule is CSC1(SC)COc2ccc(C(=O)CC(=O)O)cc2C1. The zero-order chi connectivity index (χ0) is 14.8. The molecule has 0 aromatic heterocycles. The average molecular weight is 312 g/mol. The maximum Gasteiger partial charge on any atom is 0.311 e. The molecular weight excluding hydrogens is 296 g/mol. The van der Waals surface area contributed by atoms with Crippen LogP contribution >= 0.6 is 23.5 Å². The molecule has 1 N–H and O–H groups in total. The van der Waals surface area contributed by atoms with E-state index in [4.69, 9.17) is 9.84 Å². The fraction of sp³-hybridized carbons (Fsp3) is 0.429. The number of ketones is 1. The highest BCUT2D eigenvalue weighted by molar-refractivity contribution is 8.17. The number of hydrogen-bond acceptors (Lipinski definition) is 5. The minimum Gasteiger partial charge on any atom is -0.491 e. The highest BCUT2D eigenvalue weighted by Gasteiger charge is 2.34. The third-order valence-electron chi connectivity index (χ3n) is 3.35. The second-order valence-electron chi connectivity index (χ2n) is 4.60. The molecule has 0 amide bonds. The van der Waals surface area contributed by atoms with Crippen molar-refractivity contribution in [2.24, 2.45) is 0 Å². The summed E-state index contributed by atoms with van der Waals surface area (Å²) in [5.41, 5.74) is 1.41. The molecule has 1 aliphatic rings. The van der Waals surface area contributed by atoms with E-state index in [1.807, 2.05) is 12.5 Å². The van der Waals surface area contributed by atoms with Crippen molar-refractivity contribution in [3.63, 3.8) is 0 Å². The van der Waals surface area contributed by atoms with E-state index in [2.05, 4.69) is 0 Å². The van der Waals surface area contributed by atoms with Crippen molar-refractivity contribution in [3.8, 4) is 5.75 Å². The fourth-order valence-electron chi connectivity index (χ4n) is 2.15. The van der Waals surface area contributed by atoms with Crippen LogP contribution < -0.4 is 4.74 Å². The summed E-state index contributed by atoms with van der Waals surface area (Å²) in [6.07, 6.45) is 4.42. The molecule has 0 bridgehead atoms. The molecule has 0 radical (unpaired) electrons. The molecule has 0 saturated heterocycles. The molecule has 0 unspecified atom stereocenters. The molecule has 0 aliphatic carbocycles. The van der Waals surface area contributed by atoms with Crippen molar-refractivity contribution in [2.75, 3.05) is 19.1 Å². The number of thioether (sulfide) groups is 2. The van der Waals surface area contributed by atoms with E-state index in [1.54, 1.807) is 41.7 Å². The predicted octanol–water partition coefficient (Wildman–Crippen LogP) is 2.70. The molecule has 1 aliphatic heterocycles. The van der Waals surface area contributed by atoms with Crippen LogP contribution in [0.5, 0.6) is 5.75 Å². The van der Waals surface area contributed by atoms with E-state index in [0.29, 0.717) is 12.2 Å². The van der Waals surface area contributed by atoms with Gasteiger partial charge in [0, 0.05) is 12.0 Å². The molecule has 20 heavy (non-hydrogen) atoms. The lowest BCUT2D eigenvalue weighted by atomic mass is 10.00. The number of carbonyl (C=O) groups excluding carboxylic acids is 1. The Hall–Kier alpha value is -1.14. The van der Waals surface area contributed by atoms with Gasteiger partial charge in [-0.1, -0.05) is 0 Å². The molecule has 108 valence electrons. The molecule has 0 atom stereocenters. The van der Waals surface area contributed by atoms with Crippen molar-refractivity contribution >= 4 is 35.3 Å². The van der Waals surface area contributed by atoms with Gasteiger partial charge in [0.2, 0.25) is 0 Å². The van der Waals surface area contributed by atoms with Gasteiger partial charge >= 0.3 is 5.97 Å². The van der Waals surface area contributed by atoms with E-state index < -0.39 is 12.4 Å². The summed E-state index contributed by atoms with van der Waals surface area (Å²) in [5.74, 6) is -0.688. The highest BCUT2D eigenvalue weighted by atomic mass is 32.2. The van der Waals surface area contributed by atoms with Crippen LogP contribution in [-0.2, 0) is 11.2 Å². The number of aliphatic carboxylic acids is 1. The molecule has 0 fully saturated rings. The fourth-order valence-corrected chi connectivity index (χ4v) is 3.77. The normalized spacial score (nSPS) is 16.1. The second kappa shape index (κ2) is 6.10. The smallest absolute Gasteiger partial charge is 0.311 e. The first kappa shape index (κ1) is 15.3. The van der Waals surface area contributed by atoms with E-state index in [1.165, 1.54) is 0 Å². The number of carboxylic acids is 1. The van der Waals surface area contributed by atoms with Crippen LogP contribution in [0.25, 0.3) is 0 Å². The number of fused-ring (bicyclic) bond motifs is 1. The van der Waals surface area contributed by atoms with Crippen molar-refractivity contribution in [3.05, 3.63) is 29.3 Å². The lowest BCUT2D eigenvalue weighted by Crippen LogP contribution is -2.35. The monoisotopic (exact) mass is 312 g/mol. The maximum absolute atomic E-state index is 11.8. The second-order valence-corrected chi connectivity index (χ2v) is 7.24. The van der Waals surface area contributed by atoms with Gasteiger partial charge < -0.3 is 9.84 Å². The summed E-state index contributed by atoms with van der Waals surface area (Å²) < 4.78 is 5.73. The molecule has 0 spiro atoms. The summed E-state index contributed by atoms with van der Waals surface area (Å²) in [5, 5.41) is 8.69. The predicted molar refractivity (Wildman–Crippen MR) is 82.0 cm³/mol. The third-order valence-corrected chi connectivity index (χ3v) is 6.36. The first-order valence-corrected chi connectivity index (χ1v) is 8.55. The van der Waals surface area contributed by atoms with Crippen molar-refractivity contribution < 1.29 is 19.4 Å². The van der Waals surface area contributed by atoms with Crippen molar-refractivity contribution in [2.45, 2.75) is 16.9 Å². The topological polar surface area (TPSA) is 63.6 Å². The highest BCUT2D eigenvalue weighted by Crippen LogP contribution is 2.43. The largest absolute Gasteiger partial charge is 0.491 e. The van der Waals surface area contributed by atoms with Crippen LogP contribution in [0, 0.1) is 0 Å². The molecule has 6 heteroatoms. The molecule has 0 saturated carbocycles. The van der Waals surface area contributed by atoms with Crippen LogP contribution in [-0.4, -0.2) is 40.1 Å². The summed E-state index contributed by atoms with van der Waals surface area (Å²) in [7, 11) is 0. The molecule has 2 rings (SSSR count). The quantitative estimate of drug-likeness (QED) is 0.512. The number of carboxylic acid groups (broad SMARTS) is 1. The average Bonchev–Trinajstić information content (AvgIpc) is 2.45. The standard InChI is InChI=1S/C14H16O4S2/c1-19-14(20-2)7-10-5-9(11(15)6-13(16)17)3-4-12(10)18-8-14/h3-5H,6-8H2,1-2H3,(H,16,17). The molecular formula is C14H16O4S2. The van der Waals surface area contributed by atoms with Gasteiger partial charge in [-0.15, -0.1) is 23.5 Å². The van der Waals surface area contributed by atoms with Gasteiger partial charge in [0.15, 0.2) is 5.78 Å². The van der Waals surface area contributed by atoms with Crippen LogP contribution in [0.2, 0.25) is 0 Å². The Kier molecular flexibility index (Phi) is 4.65. The van der Waals surface area contributed by atoms with Crippen molar-refractivity contribution in [1.29, 1.82) is 0 Å². The van der Waals surface area contributed by atoms with Gasteiger partial charge in [0.25, 0.3) is 0 Å². The van der Waals surface area contributed by atoms with E-state index in [0.717, 1.165) is 17.7 Å². The van der Waals surface area contributed by atoms with Gasteiger partial charge in [-0.2, -0.15) is 0 Å². The Labute approximate surface area is 126 Å². The van der Waals surface area contributed by atoms with E-state index >= 15 is 0 Å². The van der Waals surface area contributed by atoms with Gasteiger partial charge in [0.05, 0.1) is 4.08 Å². The van der Waals surface area contributed by atoms with Crippen LogP contribution in [0.3, 0.4) is 0 Å². The van der Waals surface area contributed by atoms with Crippen LogP contribution in [0.1, 0.15) is 22.3 Å². The molecule has 1 aromatic rings. The number of ether oxygens (including phenoxy) is 1.